The van der Waals surface area contributed by atoms with Crippen LogP contribution >= 0.6 is 0 Å². The van der Waals surface area contributed by atoms with E-state index in [2.05, 4.69) is 34.7 Å². The Morgan fingerprint density at radius 3 is 2.62 bits per heavy atom. The van der Waals surface area contributed by atoms with E-state index in [9.17, 15) is 10.4 Å². The molecule has 0 spiro atoms. The van der Waals surface area contributed by atoms with Gasteiger partial charge in [-0.05, 0) is 56.5 Å². The van der Waals surface area contributed by atoms with Crippen LogP contribution < -0.4 is 0 Å². The molecule has 0 unspecified atom stereocenters. The van der Waals surface area contributed by atoms with Crippen molar-refractivity contribution in [1.29, 1.82) is 5.26 Å². The minimum absolute atomic E-state index is 0.162. The molecule has 0 aliphatic rings. The number of pyridine rings is 1. The summed E-state index contributed by atoms with van der Waals surface area (Å²) in [7, 11) is 0. The molecule has 1 N–H and O–H groups in total. The van der Waals surface area contributed by atoms with Gasteiger partial charge < -0.3 is 9.67 Å². The van der Waals surface area contributed by atoms with Crippen LogP contribution in [0.15, 0.2) is 30.6 Å². The molecular formula is C20H21N3O. The van der Waals surface area contributed by atoms with Crippen molar-refractivity contribution in [1.82, 2.24) is 9.55 Å². The van der Waals surface area contributed by atoms with Gasteiger partial charge in [-0.2, -0.15) is 5.26 Å². The van der Waals surface area contributed by atoms with Gasteiger partial charge >= 0.3 is 0 Å². The quantitative estimate of drug-likeness (QED) is 0.793. The van der Waals surface area contributed by atoms with Gasteiger partial charge in [0.05, 0.1) is 11.6 Å². The lowest BCUT2D eigenvalue weighted by Crippen LogP contribution is -2.02. The van der Waals surface area contributed by atoms with Gasteiger partial charge in [0.15, 0.2) is 0 Å². The van der Waals surface area contributed by atoms with Crippen LogP contribution in [0.1, 0.15) is 28.8 Å². The van der Waals surface area contributed by atoms with Gasteiger partial charge in [-0.3, -0.25) is 4.98 Å². The average Bonchev–Trinajstić information content (AvgIpc) is 2.83. The summed E-state index contributed by atoms with van der Waals surface area (Å²) in [4.78, 5) is 4.33. The molecule has 4 heteroatoms. The van der Waals surface area contributed by atoms with Gasteiger partial charge in [0.25, 0.3) is 0 Å². The SMILES string of the molecule is Cc1cncc(-c2c(C)n(CCCO)c3cc(C)c(C#N)cc23)c1. The lowest BCUT2D eigenvalue weighted by Gasteiger charge is -2.08. The summed E-state index contributed by atoms with van der Waals surface area (Å²) in [5.41, 5.74) is 7.21. The minimum atomic E-state index is 0.162. The summed E-state index contributed by atoms with van der Waals surface area (Å²) in [6.07, 6.45) is 4.42. The lowest BCUT2D eigenvalue weighted by atomic mass is 9.99. The molecule has 24 heavy (non-hydrogen) atoms. The van der Waals surface area contributed by atoms with Crippen LogP contribution in [0.5, 0.6) is 0 Å². The van der Waals surface area contributed by atoms with E-state index < -0.39 is 0 Å². The Morgan fingerprint density at radius 2 is 1.96 bits per heavy atom. The number of aryl methyl sites for hydroxylation is 3. The van der Waals surface area contributed by atoms with Crippen LogP contribution in [-0.2, 0) is 6.54 Å². The first-order chi connectivity index (χ1) is 11.6. The highest BCUT2D eigenvalue weighted by molar-refractivity contribution is 5.99. The fraction of sp³-hybridized carbons (Fsp3) is 0.300. The van der Waals surface area contributed by atoms with Crippen LogP contribution in [0, 0.1) is 32.1 Å². The summed E-state index contributed by atoms with van der Waals surface area (Å²) >= 11 is 0. The predicted molar refractivity (Wildman–Crippen MR) is 95.8 cm³/mol. The fourth-order valence-corrected chi connectivity index (χ4v) is 3.32. The van der Waals surface area contributed by atoms with Crippen LogP contribution in [0.2, 0.25) is 0 Å². The van der Waals surface area contributed by atoms with E-state index in [0.29, 0.717) is 12.0 Å². The number of aliphatic hydroxyl groups is 1. The molecule has 0 amide bonds. The molecule has 0 bridgehead atoms. The van der Waals surface area contributed by atoms with E-state index in [1.807, 2.05) is 32.3 Å². The molecule has 3 rings (SSSR count). The monoisotopic (exact) mass is 319 g/mol. The normalized spacial score (nSPS) is 11.0. The zero-order chi connectivity index (χ0) is 17.3. The third-order valence-corrected chi connectivity index (χ3v) is 4.49. The standard InChI is InChI=1S/C20H21N3O/c1-13-7-17(12-22-11-13)20-15(3)23(5-4-6-24)19-8-14(2)16(10-21)9-18(19)20/h7-9,11-12,24H,4-6H2,1-3H3. The Labute approximate surface area is 142 Å². The number of aliphatic hydroxyl groups excluding tert-OH is 1. The highest BCUT2D eigenvalue weighted by Gasteiger charge is 2.17. The predicted octanol–water partition coefficient (Wildman–Crippen LogP) is 3.88. The molecule has 0 saturated heterocycles. The Morgan fingerprint density at radius 1 is 1.17 bits per heavy atom. The molecular weight excluding hydrogens is 298 g/mol. The highest BCUT2D eigenvalue weighted by Crippen LogP contribution is 2.36. The van der Waals surface area contributed by atoms with Crippen LogP contribution in [0.25, 0.3) is 22.0 Å². The maximum absolute atomic E-state index is 9.40. The van der Waals surface area contributed by atoms with Crippen LogP contribution in [0.3, 0.4) is 0 Å². The zero-order valence-electron chi connectivity index (χ0n) is 14.3. The molecule has 3 aromatic rings. The summed E-state index contributed by atoms with van der Waals surface area (Å²) in [6.45, 7) is 7.00. The molecule has 122 valence electrons. The smallest absolute Gasteiger partial charge is 0.0994 e. The summed E-state index contributed by atoms with van der Waals surface area (Å²) in [6, 6.07) is 8.46. The Bertz CT molecular complexity index is 948. The minimum Gasteiger partial charge on any atom is -0.396 e. The fourth-order valence-electron chi connectivity index (χ4n) is 3.32. The van der Waals surface area contributed by atoms with Crippen molar-refractivity contribution < 1.29 is 5.11 Å². The van der Waals surface area contributed by atoms with Gasteiger partial charge in [0, 0.05) is 53.3 Å². The molecule has 2 aromatic heterocycles. The van der Waals surface area contributed by atoms with E-state index in [4.69, 9.17) is 0 Å². The average molecular weight is 319 g/mol. The van der Waals surface area contributed by atoms with Crippen LogP contribution in [-0.4, -0.2) is 21.3 Å². The molecule has 0 aliphatic carbocycles. The number of hydrogen-bond donors (Lipinski definition) is 1. The third-order valence-electron chi connectivity index (χ3n) is 4.49. The summed E-state index contributed by atoms with van der Waals surface area (Å²) < 4.78 is 2.23. The van der Waals surface area contributed by atoms with Gasteiger partial charge in [0.2, 0.25) is 0 Å². The number of aromatic nitrogens is 2. The van der Waals surface area contributed by atoms with Crippen molar-refractivity contribution in [3.05, 3.63) is 53.0 Å². The Balaban J connectivity index is 2.35. The van der Waals surface area contributed by atoms with Gasteiger partial charge in [0.1, 0.15) is 0 Å². The molecule has 2 heterocycles. The van der Waals surface area contributed by atoms with Crippen molar-refractivity contribution in [3.63, 3.8) is 0 Å². The first-order valence-corrected chi connectivity index (χ1v) is 8.13. The van der Waals surface area contributed by atoms with E-state index in [1.165, 1.54) is 0 Å². The first kappa shape index (κ1) is 16.2. The van der Waals surface area contributed by atoms with Crippen molar-refractivity contribution in [2.45, 2.75) is 33.7 Å². The van der Waals surface area contributed by atoms with Crippen molar-refractivity contribution in [2.75, 3.05) is 6.61 Å². The highest BCUT2D eigenvalue weighted by atomic mass is 16.3. The number of nitrogens with zero attached hydrogens (tertiary/aromatic N) is 3. The molecule has 0 aliphatic heterocycles. The molecule has 4 nitrogen and oxygen atoms in total. The molecule has 0 atom stereocenters. The number of hydrogen-bond acceptors (Lipinski definition) is 3. The largest absolute Gasteiger partial charge is 0.396 e. The van der Waals surface area contributed by atoms with Crippen molar-refractivity contribution >= 4 is 10.9 Å². The van der Waals surface area contributed by atoms with E-state index >= 15 is 0 Å². The number of fused-ring (bicyclic) bond motifs is 1. The second-order valence-electron chi connectivity index (χ2n) is 6.24. The number of nitriles is 1. The van der Waals surface area contributed by atoms with Gasteiger partial charge in [-0.1, -0.05) is 0 Å². The maximum atomic E-state index is 9.40. The zero-order valence-corrected chi connectivity index (χ0v) is 14.3. The second-order valence-corrected chi connectivity index (χ2v) is 6.24. The summed E-state index contributed by atoms with van der Waals surface area (Å²) in [5, 5.41) is 19.7. The van der Waals surface area contributed by atoms with E-state index in [0.717, 1.165) is 45.4 Å². The Hall–Kier alpha value is -2.64. The number of rotatable bonds is 4. The topological polar surface area (TPSA) is 61.8 Å². The molecule has 1 aromatic carbocycles. The first-order valence-electron chi connectivity index (χ1n) is 8.13. The van der Waals surface area contributed by atoms with Crippen molar-refractivity contribution in [3.8, 4) is 17.2 Å². The third kappa shape index (κ3) is 2.68. The van der Waals surface area contributed by atoms with Crippen LogP contribution in [0.4, 0.5) is 0 Å². The van der Waals surface area contributed by atoms with E-state index in [1.54, 1.807) is 0 Å². The maximum Gasteiger partial charge on any atom is 0.0994 e. The lowest BCUT2D eigenvalue weighted by molar-refractivity contribution is 0.280. The number of benzene rings is 1. The van der Waals surface area contributed by atoms with Gasteiger partial charge in [-0.15, -0.1) is 0 Å². The van der Waals surface area contributed by atoms with Gasteiger partial charge in [-0.25, -0.2) is 0 Å². The molecule has 0 fully saturated rings. The molecule has 0 radical (unpaired) electrons. The van der Waals surface area contributed by atoms with E-state index in [-0.39, 0.29) is 6.61 Å². The van der Waals surface area contributed by atoms with Crippen molar-refractivity contribution in [2.24, 2.45) is 0 Å². The molecule has 0 saturated carbocycles. The summed E-state index contributed by atoms with van der Waals surface area (Å²) in [5.74, 6) is 0. The Kier molecular flexibility index (Phi) is 4.37. The second kappa shape index (κ2) is 6.46.